The average molecular weight is 386 g/mol. The summed E-state index contributed by atoms with van der Waals surface area (Å²) in [5, 5.41) is 2.09. The van der Waals surface area contributed by atoms with Gasteiger partial charge in [-0.3, -0.25) is 34.2 Å². The van der Waals surface area contributed by atoms with Gasteiger partial charge in [0.2, 0.25) is 11.8 Å². The van der Waals surface area contributed by atoms with Crippen molar-refractivity contribution in [3.63, 3.8) is 0 Å². The summed E-state index contributed by atoms with van der Waals surface area (Å²) in [7, 11) is 0. The van der Waals surface area contributed by atoms with Crippen LogP contribution in [0.4, 0.5) is 0 Å². The third-order valence-electron chi connectivity index (χ3n) is 4.30. The summed E-state index contributed by atoms with van der Waals surface area (Å²) in [6, 6.07) is 2.81. The van der Waals surface area contributed by atoms with E-state index in [0.29, 0.717) is 0 Å². The molecule has 4 amide bonds. The number of Topliss-reactive ketones (excluding diaryl/α,β-unsaturated/α-hetero) is 1. The van der Waals surface area contributed by atoms with Gasteiger partial charge in [-0.1, -0.05) is 6.07 Å². The molecule has 1 aromatic rings. The first-order valence-corrected chi connectivity index (χ1v) is 8.63. The summed E-state index contributed by atoms with van der Waals surface area (Å²) in [6.07, 6.45) is -0.0288. The fraction of sp³-hybridized carbons (Fsp3) is 0.368. The Morgan fingerprint density at radius 1 is 1.11 bits per heavy atom. The molecule has 2 aliphatic heterocycles. The van der Waals surface area contributed by atoms with Crippen molar-refractivity contribution in [3.05, 3.63) is 34.9 Å². The van der Waals surface area contributed by atoms with Crippen molar-refractivity contribution >= 4 is 35.4 Å². The van der Waals surface area contributed by atoms with Gasteiger partial charge in [-0.15, -0.1) is 0 Å². The summed E-state index contributed by atoms with van der Waals surface area (Å²) in [5.74, 6) is -5.07. The lowest BCUT2D eigenvalue weighted by atomic mass is 9.99. The van der Waals surface area contributed by atoms with Crippen LogP contribution in [0.3, 0.4) is 0 Å². The highest BCUT2D eigenvalue weighted by Crippen LogP contribution is 2.30. The molecule has 2 heterocycles. The van der Waals surface area contributed by atoms with E-state index in [1.807, 2.05) is 0 Å². The van der Waals surface area contributed by atoms with E-state index in [1.54, 1.807) is 20.8 Å². The molecule has 9 nitrogen and oxygen atoms in total. The molecule has 1 atom stereocenters. The van der Waals surface area contributed by atoms with E-state index in [4.69, 9.17) is 4.74 Å². The number of ketones is 1. The standard InChI is InChI=1S/C19H18N2O7/c1-19(2,3)28-18(27)14(23)9-5-4-6-10-13(9)17(26)21(16(10)25)11-7-8-12(22)20-15(11)24/h4-6,11H,7-8H2,1-3H3,(H,20,22,24). The Hall–Kier alpha value is -3.36. The zero-order valence-corrected chi connectivity index (χ0v) is 15.5. The molecule has 1 saturated heterocycles. The Bertz CT molecular complexity index is 942. The van der Waals surface area contributed by atoms with Gasteiger partial charge in [0.15, 0.2) is 0 Å². The Morgan fingerprint density at radius 2 is 1.79 bits per heavy atom. The highest BCUT2D eigenvalue weighted by Gasteiger charge is 2.46. The smallest absolute Gasteiger partial charge is 0.380 e. The van der Waals surface area contributed by atoms with Crippen molar-refractivity contribution in [2.45, 2.75) is 45.3 Å². The van der Waals surface area contributed by atoms with Gasteiger partial charge < -0.3 is 4.74 Å². The number of nitrogens with zero attached hydrogens (tertiary/aromatic N) is 1. The summed E-state index contributed by atoms with van der Waals surface area (Å²) >= 11 is 0. The van der Waals surface area contributed by atoms with Gasteiger partial charge in [-0.05, 0) is 39.3 Å². The Balaban J connectivity index is 1.97. The highest BCUT2D eigenvalue weighted by atomic mass is 16.6. The number of piperidine rings is 1. The summed E-state index contributed by atoms with van der Waals surface area (Å²) in [5.41, 5.74) is -1.50. The van der Waals surface area contributed by atoms with Crippen LogP contribution in [0.1, 0.15) is 64.7 Å². The maximum absolute atomic E-state index is 12.9. The number of esters is 1. The van der Waals surface area contributed by atoms with Crippen LogP contribution in [0.15, 0.2) is 18.2 Å². The normalized spacial score (nSPS) is 19.4. The van der Waals surface area contributed by atoms with E-state index >= 15 is 0 Å². The Kier molecular flexibility index (Phi) is 4.62. The molecule has 2 aliphatic rings. The molecule has 9 heteroatoms. The van der Waals surface area contributed by atoms with Gasteiger partial charge in [0, 0.05) is 12.0 Å². The number of benzene rings is 1. The molecule has 0 spiro atoms. The number of nitrogens with one attached hydrogen (secondary N) is 1. The van der Waals surface area contributed by atoms with Crippen molar-refractivity contribution in [2.75, 3.05) is 0 Å². The van der Waals surface area contributed by atoms with Crippen molar-refractivity contribution in [1.82, 2.24) is 10.2 Å². The first-order chi connectivity index (χ1) is 13.0. The van der Waals surface area contributed by atoms with Crippen molar-refractivity contribution < 1.29 is 33.5 Å². The van der Waals surface area contributed by atoms with Crippen LogP contribution in [0.5, 0.6) is 0 Å². The third-order valence-corrected chi connectivity index (χ3v) is 4.30. The first kappa shape index (κ1) is 19.4. The molecule has 1 fully saturated rings. The van der Waals surface area contributed by atoms with Crippen molar-refractivity contribution in [3.8, 4) is 0 Å². The third kappa shape index (κ3) is 3.30. The molecule has 1 aromatic carbocycles. The van der Waals surface area contributed by atoms with E-state index in [1.165, 1.54) is 18.2 Å². The monoisotopic (exact) mass is 386 g/mol. The van der Waals surface area contributed by atoms with Gasteiger partial charge >= 0.3 is 5.97 Å². The maximum Gasteiger partial charge on any atom is 0.380 e. The molecular formula is C19H18N2O7. The van der Waals surface area contributed by atoms with Gasteiger partial charge in [0.25, 0.3) is 17.6 Å². The zero-order chi connectivity index (χ0) is 20.8. The predicted octanol–water partition coefficient (Wildman–Crippen LogP) is 0.612. The van der Waals surface area contributed by atoms with Gasteiger partial charge in [-0.25, -0.2) is 4.79 Å². The number of hydrogen-bond donors (Lipinski definition) is 1. The minimum atomic E-state index is -1.16. The number of amides is 4. The maximum atomic E-state index is 12.9. The van der Waals surface area contributed by atoms with Crippen molar-refractivity contribution in [1.29, 1.82) is 0 Å². The average Bonchev–Trinajstić information content (AvgIpc) is 2.84. The van der Waals surface area contributed by atoms with E-state index in [-0.39, 0.29) is 29.5 Å². The van der Waals surface area contributed by atoms with Crippen LogP contribution in [0.25, 0.3) is 0 Å². The largest absolute Gasteiger partial charge is 0.454 e. The van der Waals surface area contributed by atoms with Crippen LogP contribution in [0.2, 0.25) is 0 Å². The Labute approximate surface area is 160 Å². The summed E-state index contributed by atoms with van der Waals surface area (Å²) in [4.78, 5) is 74.5. The fourth-order valence-electron chi connectivity index (χ4n) is 3.14. The molecule has 1 unspecified atom stereocenters. The minimum Gasteiger partial charge on any atom is -0.454 e. The van der Waals surface area contributed by atoms with Crippen LogP contribution in [0, 0.1) is 0 Å². The van der Waals surface area contributed by atoms with Gasteiger partial charge in [0.1, 0.15) is 11.6 Å². The number of ether oxygens (including phenoxy) is 1. The number of imide groups is 2. The van der Waals surface area contributed by atoms with E-state index in [0.717, 1.165) is 4.90 Å². The zero-order valence-electron chi connectivity index (χ0n) is 15.5. The van der Waals surface area contributed by atoms with Gasteiger partial charge in [-0.2, -0.15) is 0 Å². The minimum absolute atomic E-state index is 0.00845. The lowest BCUT2D eigenvalue weighted by Crippen LogP contribution is -2.54. The predicted molar refractivity (Wildman–Crippen MR) is 93.3 cm³/mol. The van der Waals surface area contributed by atoms with Crippen LogP contribution in [-0.2, 0) is 19.1 Å². The van der Waals surface area contributed by atoms with E-state index < -0.39 is 47.0 Å². The van der Waals surface area contributed by atoms with Gasteiger partial charge in [0.05, 0.1) is 11.1 Å². The lowest BCUT2D eigenvalue weighted by molar-refractivity contribution is -0.148. The second kappa shape index (κ2) is 6.66. The second-order valence-electron chi connectivity index (χ2n) is 7.51. The summed E-state index contributed by atoms with van der Waals surface area (Å²) in [6.45, 7) is 4.77. The SMILES string of the molecule is CC(C)(C)OC(=O)C(=O)c1cccc2c1C(=O)N(C1CCC(=O)NC1=O)C2=O. The topological polar surface area (TPSA) is 127 Å². The molecular weight excluding hydrogens is 368 g/mol. The number of hydrogen-bond acceptors (Lipinski definition) is 7. The molecule has 3 rings (SSSR count). The summed E-state index contributed by atoms with van der Waals surface area (Å²) < 4.78 is 5.05. The number of rotatable bonds is 3. The first-order valence-electron chi connectivity index (χ1n) is 8.63. The van der Waals surface area contributed by atoms with E-state index in [2.05, 4.69) is 5.32 Å². The molecule has 0 radical (unpaired) electrons. The number of carbonyl (C=O) groups is 6. The molecule has 0 aromatic heterocycles. The van der Waals surface area contributed by atoms with Crippen LogP contribution in [-0.4, -0.2) is 51.9 Å². The number of fused-ring (bicyclic) bond motifs is 1. The second-order valence-corrected chi connectivity index (χ2v) is 7.51. The molecule has 0 saturated carbocycles. The van der Waals surface area contributed by atoms with Crippen LogP contribution < -0.4 is 5.32 Å². The molecule has 1 N–H and O–H groups in total. The molecule has 0 aliphatic carbocycles. The lowest BCUT2D eigenvalue weighted by Gasteiger charge is -2.27. The number of carbonyl (C=O) groups excluding carboxylic acids is 6. The van der Waals surface area contributed by atoms with E-state index in [9.17, 15) is 28.8 Å². The molecule has 146 valence electrons. The molecule has 0 bridgehead atoms. The Morgan fingerprint density at radius 3 is 2.39 bits per heavy atom. The quantitative estimate of drug-likeness (QED) is 0.349. The fourth-order valence-corrected chi connectivity index (χ4v) is 3.14. The van der Waals surface area contributed by atoms with Crippen LogP contribution >= 0.6 is 0 Å². The van der Waals surface area contributed by atoms with Crippen molar-refractivity contribution in [2.24, 2.45) is 0 Å². The highest BCUT2D eigenvalue weighted by molar-refractivity contribution is 6.43. The molecule has 28 heavy (non-hydrogen) atoms.